The van der Waals surface area contributed by atoms with Crippen molar-refractivity contribution in [3.05, 3.63) is 11.7 Å². The highest BCUT2D eigenvalue weighted by atomic mass is 16.5. The van der Waals surface area contributed by atoms with Gasteiger partial charge in [-0.2, -0.15) is 4.98 Å². The summed E-state index contributed by atoms with van der Waals surface area (Å²) in [4.78, 5) is 17.4. The highest BCUT2D eigenvalue weighted by Gasteiger charge is 2.12. The smallest absolute Gasteiger partial charge is 0.317 e. The van der Waals surface area contributed by atoms with E-state index in [1.54, 1.807) is 11.8 Å². The van der Waals surface area contributed by atoms with Crippen LogP contribution in [-0.4, -0.2) is 45.9 Å². The third-order valence-corrected chi connectivity index (χ3v) is 2.41. The zero-order valence-corrected chi connectivity index (χ0v) is 10.8. The Kier molecular flexibility index (Phi) is 6.13. The summed E-state index contributed by atoms with van der Waals surface area (Å²) in [6.07, 6.45) is 1.91. The number of aromatic nitrogens is 2. The summed E-state index contributed by atoms with van der Waals surface area (Å²) in [6, 6.07) is -0.222. The standard InChI is InChI=1S/C11H20N4O3/c1-3-4-5-15(6-7-16)11(17)12-8-10-13-9(2)18-14-10/h16H,3-8H2,1-2H3,(H,12,17). The van der Waals surface area contributed by atoms with Crippen LogP contribution in [0.1, 0.15) is 31.5 Å². The normalized spacial score (nSPS) is 10.4. The quantitative estimate of drug-likeness (QED) is 0.748. The monoisotopic (exact) mass is 256 g/mol. The van der Waals surface area contributed by atoms with E-state index in [4.69, 9.17) is 9.63 Å². The number of unbranched alkanes of at least 4 members (excludes halogenated alkanes) is 1. The van der Waals surface area contributed by atoms with Crippen LogP contribution in [0.15, 0.2) is 4.52 Å². The van der Waals surface area contributed by atoms with E-state index in [9.17, 15) is 4.79 Å². The lowest BCUT2D eigenvalue weighted by Crippen LogP contribution is -2.41. The van der Waals surface area contributed by atoms with Gasteiger partial charge in [-0.15, -0.1) is 0 Å². The summed E-state index contributed by atoms with van der Waals surface area (Å²) in [5, 5.41) is 15.3. The van der Waals surface area contributed by atoms with Crippen LogP contribution in [0.5, 0.6) is 0 Å². The summed E-state index contributed by atoms with van der Waals surface area (Å²) in [5.74, 6) is 0.915. The van der Waals surface area contributed by atoms with Crippen molar-refractivity contribution < 1.29 is 14.4 Å². The van der Waals surface area contributed by atoms with Crippen LogP contribution in [-0.2, 0) is 6.54 Å². The zero-order valence-electron chi connectivity index (χ0n) is 10.8. The summed E-state index contributed by atoms with van der Waals surface area (Å²) >= 11 is 0. The number of aliphatic hydroxyl groups excluding tert-OH is 1. The maximum atomic E-state index is 11.8. The van der Waals surface area contributed by atoms with Gasteiger partial charge in [0.1, 0.15) is 0 Å². The van der Waals surface area contributed by atoms with Crippen molar-refractivity contribution in [3.63, 3.8) is 0 Å². The number of nitrogens with one attached hydrogen (secondary N) is 1. The molecule has 2 N–H and O–H groups in total. The van der Waals surface area contributed by atoms with Crippen LogP contribution < -0.4 is 5.32 Å². The summed E-state index contributed by atoms with van der Waals surface area (Å²) in [7, 11) is 0. The molecule has 102 valence electrons. The number of rotatable bonds is 7. The minimum Gasteiger partial charge on any atom is -0.395 e. The molecular formula is C11H20N4O3. The van der Waals surface area contributed by atoms with Gasteiger partial charge in [0.2, 0.25) is 5.89 Å². The minimum atomic E-state index is -0.222. The van der Waals surface area contributed by atoms with Gasteiger partial charge in [0.25, 0.3) is 0 Å². The predicted octanol–water partition coefficient (Wildman–Crippen LogP) is 0.682. The number of carbonyl (C=O) groups excluding carboxylic acids is 1. The van der Waals surface area contributed by atoms with Crippen LogP contribution in [0.2, 0.25) is 0 Å². The fourth-order valence-corrected chi connectivity index (χ4v) is 1.46. The molecule has 0 bridgehead atoms. The lowest BCUT2D eigenvalue weighted by Gasteiger charge is -2.21. The topological polar surface area (TPSA) is 91.5 Å². The summed E-state index contributed by atoms with van der Waals surface area (Å²) in [5.41, 5.74) is 0. The molecule has 0 aliphatic heterocycles. The van der Waals surface area contributed by atoms with Gasteiger partial charge in [0.15, 0.2) is 5.82 Å². The summed E-state index contributed by atoms with van der Waals surface area (Å²) < 4.78 is 4.80. The Morgan fingerprint density at radius 1 is 1.50 bits per heavy atom. The SMILES string of the molecule is CCCCN(CCO)C(=O)NCc1noc(C)n1. The van der Waals surface area contributed by atoms with Gasteiger partial charge in [0.05, 0.1) is 13.2 Å². The Balaban J connectivity index is 2.40. The molecule has 0 unspecified atom stereocenters. The van der Waals surface area contributed by atoms with Crippen molar-refractivity contribution in [1.29, 1.82) is 0 Å². The van der Waals surface area contributed by atoms with E-state index < -0.39 is 0 Å². The van der Waals surface area contributed by atoms with E-state index in [1.165, 1.54) is 0 Å². The molecule has 0 aliphatic rings. The number of aryl methyl sites for hydroxylation is 1. The molecule has 1 aromatic rings. The van der Waals surface area contributed by atoms with Gasteiger partial charge in [0, 0.05) is 20.0 Å². The molecule has 0 fully saturated rings. The van der Waals surface area contributed by atoms with Crippen molar-refractivity contribution in [1.82, 2.24) is 20.4 Å². The molecule has 0 aliphatic carbocycles. The first-order chi connectivity index (χ1) is 8.67. The molecule has 7 heteroatoms. The maximum Gasteiger partial charge on any atom is 0.317 e. The number of hydrogen-bond donors (Lipinski definition) is 2. The predicted molar refractivity (Wildman–Crippen MR) is 64.8 cm³/mol. The first-order valence-electron chi connectivity index (χ1n) is 6.10. The van der Waals surface area contributed by atoms with Crippen LogP contribution in [0.4, 0.5) is 4.79 Å². The lowest BCUT2D eigenvalue weighted by molar-refractivity contribution is 0.175. The second-order valence-electron chi connectivity index (χ2n) is 3.95. The lowest BCUT2D eigenvalue weighted by atomic mass is 10.3. The summed E-state index contributed by atoms with van der Waals surface area (Å²) in [6.45, 7) is 4.89. The van der Waals surface area contributed by atoms with Crippen LogP contribution >= 0.6 is 0 Å². The average molecular weight is 256 g/mol. The van der Waals surface area contributed by atoms with Gasteiger partial charge in [-0.25, -0.2) is 4.79 Å². The Morgan fingerprint density at radius 2 is 2.28 bits per heavy atom. The molecule has 1 heterocycles. The number of hydrogen-bond acceptors (Lipinski definition) is 5. The van der Waals surface area contributed by atoms with Crippen LogP contribution in [0.25, 0.3) is 0 Å². The van der Waals surface area contributed by atoms with Gasteiger partial charge >= 0.3 is 6.03 Å². The second kappa shape index (κ2) is 7.65. The Hall–Kier alpha value is -1.63. The molecule has 0 aromatic carbocycles. The first-order valence-corrected chi connectivity index (χ1v) is 6.10. The van der Waals surface area contributed by atoms with Crippen LogP contribution in [0, 0.1) is 6.92 Å². The van der Waals surface area contributed by atoms with Gasteiger partial charge in [-0.3, -0.25) is 0 Å². The van der Waals surface area contributed by atoms with Gasteiger partial charge in [-0.05, 0) is 6.42 Å². The number of carbonyl (C=O) groups is 1. The number of amides is 2. The van der Waals surface area contributed by atoms with E-state index in [0.717, 1.165) is 12.8 Å². The zero-order chi connectivity index (χ0) is 13.4. The van der Waals surface area contributed by atoms with E-state index in [1.807, 2.05) is 0 Å². The van der Waals surface area contributed by atoms with Crippen molar-refractivity contribution >= 4 is 6.03 Å². The van der Waals surface area contributed by atoms with E-state index in [2.05, 4.69) is 22.4 Å². The molecule has 0 spiro atoms. The van der Waals surface area contributed by atoms with Gasteiger partial charge in [-0.1, -0.05) is 18.5 Å². The van der Waals surface area contributed by atoms with E-state index >= 15 is 0 Å². The molecule has 0 saturated heterocycles. The van der Waals surface area contributed by atoms with Crippen molar-refractivity contribution in [2.45, 2.75) is 33.2 Å². The molecule has 1 rings (SSSR count). The minimum absolute atomic E-state index is 0.0432. The highest BCUT2D eigenvalue weighted by Crippen LogP contribution is 1.98. The maximum absolute atomic E-state index is 11.8. The van der Waals surface area contributed by atoms with Crippen molar-refractivity contribution in [3.8, 4) is 0 Å². The first kappa shape index (κ1) is 14.4. The third kappa shape index (κ3) is 4.70. The fourth-order valence-electron chi connectivity index (χ4n) is 1.46. The van der Waals surface area contributed by atoms with Crippen LogP contribution in [0.3, 0.4) is 0 Å². The Labute approximate surface area is 106 Å². The molecule has 1 aromatic heterocycles. The van der Waals surface area contributed by atoms with Crippen molar-refractivity contribution in [2.24, 2.45) is 0 Å². The molecular weight excluding hydrogens is 236 g/mol. The number of aliphatic hydroxyl groups is 1. The molecule has 18 heavy (non-hydrogen) atoms. The van der Waals surface area contributed by atoms with E-state index in [0.29, 0.717) is 24.8 Å². The molecule has 0 saturated carbocycles. The average Bonchev–Trinajstić information content (AvgIpc) is 2.77. The molecule has 7 nitrogen and oxygen atoms in total. The van der Waals surface area contributed by atoms with E-state index in [-0.39, 0.29) is 19.2 Å². The Morgan fingerprint density at radius 3 is 2.83 bits per heavy atom. The molecule has 2 amide bonds. The fraction of sp³-hybridized carbons (Fsp3) is 0.727. The Bertz CT molecular complexity index is 367. The number of nitrogens with zero attached hydrogens (tertiary/aromatic N) is 3. The highest BCUT2D eigenvalue weighted by molar-refractivity contribution is 5.74. The van der Waals surface area contributed by atoms with Gasteiger partial charge < -0.3 is 19.8 Å². The molecule has 0 atom stereocenters. The third-order valence-electron chi connectivity index (χ3n) is 2.41. The molecule has 0 radical (unpaired) electrons. The largest absolute Gasteiger partial charge is 0.395 e. The second-order valence-corrected chi connectivity index (χ2v) is 3.95. The van der Waals surface area contributed by atoms with Crippen molar-refractivity contribution in [2.75, 3.05) is 19.7 Å². The number of urea groups is 1.